The summed E-state index contributed by atoms with van der Waals surface area (Å²) in [5, 5.41) is 5.93. The molecule has 1 saturated heterocycles. The maximum Gasteiger partial charge on any atom is 0.245 e. The predicted molar refractivity (Wildman–Crippen MR) is 126 cm³/mol. The van der Waals surface area contributed by atoms with Crippen molar-refractivity contribution in [2.24, 2.45) is 11.8 Å². The number of thioether (sulfide) groups is 1. The van der Waals surface area contributed by atoms with Crippen LogP contribution in [0.3, 0.4) is 0 Å². The van der Waals surface area contributed by atoms with Gasteiger partial charge < -0.3 is 10.6 Å². The van der Waals surface area contributed by atoms with Crippen molar-refractivity contribution in [3.63, 3.8) is 0 Å². The molecule has 0 radical (unpaired) electrons. The van der Waals surface area contributed by atoms with E-state index >= 15 is 0 Å². The molecule has 164 valence electrons. The van der Waals surface area contributed by atoms with Crippen molar-refractivity contribution >= 4 is 34.5 Å². The lowest BCUT2D eigenvalue weighted by Gasteiger charge is -2.34. The Kier molecular flexibility index (Phi) is 4.71. The molecule has 3 aromatic rings. The smallest absolute Gasteiger partial charge is 0.245 e. The van der Waals surface area contributed by atoms with Crippen LogP contribution >= 0.6 is 11.8 Å². The lowest BCUT2D eigenvalue weighted by atomic mass is 9.89. The molecule has 32 heavy (non-hydrogen) atoms. The maximum absolute atomic E-state index is 12.1. The number of hydrogen-bond acceptors (Lipinski definition) is 6. The summed E-state index contributed by atoms with van der Waals surface area (Å²) in [6, 6.07) is 6.84. The minimum Gasteiger partial charge on any atom is -0.383 e. The van der Waals surface area contributed by atoms with Gasteiger partial charge in [-0.3, -0.25) is 4.79 Å². The van der Waals surface area contributed by atoms with Crippen LogP contribution in [0.5, 0.6) is 0 Å². The van der Waals surface area contributed by atoms with Crippen LogP contribution in [0, 0.1) is 11.8 Å². The molecule has 7 nitrogen and oxygen atoms in total. The van der Waals surface area contributed by atoms with Crippen LogP contribution in [0.25, 0.3) is 22.3 Å². The number of nitrogen functional groups attached to an aromatic ring is 1. The first kappa shape index (κ1) is 19.8. The van der Waals surface area contributed by atoms with Gasteiger partial charge in [-0.05, 0) is 61.3 Å². The summed E-state index contributed by atoms with van der Waals surface area (Å²) >= 11 is 1.91. The molecule has 1 saturated carbocycles. The zero-order chi connectivity index (χ0) is 21.8. The van der Waals surface area contributed by atoms with Gasteiger partial charge in [0.1, 0.15) is 17.8 Å². The van der Waals surface area contributed by atoms with Crippen LogP contribution in [-0.4, -0.2) is 49.4 Å². The minimum absolute atomic E-state index is 0.0361. The largest absolute Gasteiger partial charge is 0.383 e. The van der Waals surface area contributed by atoms with Gasteiger partial charge in [-0.2, -0.15) is 5.10 Å². The van der Waals surface area contributed by atoms with Crippen LogP contribution in [0.15, 0.2) is 42.1 Å². The molecule has 2 aliphatic heterocycles. The first-order chi connectivity index (χ1) is 15.6. The number of aromatic nitrogens is 4. The van der Waals surface area contributed by atoms with Gasteiger partial charge in [-0.1, -0.05) is 12.6 Å². The third-order valence-electron chi connectivity index (χ3n) is 7.35. The van der Waals surface area contributed by atoms with E-state index in [1.807, 2.05) is 16.7 Å². The zero-order valence-electron chi connectivity index (χ0n) is 17.9. The number of rotatable bonds is 3. The third-order valence-corrected chi connectivity index (χ3v) is 8.47. The normalized spacial score (nSPS) is 24.5. The average molecular weight is 447 g/mol. The average Bonchev–Trinajstić information content (AvgIpc) is 3.53. The number of amides is 1. The number of benzene rings is 1. The van der Waals surface area contributed by atoms with Crippen molar-refractivity contribution < 1.29 is 4.79 Å². The van der Waals surface area contributed by atoms with E-state index in [-0.39, 0.29) is 11.9 Å². The number of aryl methyl sites for hydroxylation is 1. The van der Waals surface area contributed by atoms with Gasteiger partial charge in [0.15, 0.2) is 5.65 Å². The second kappa shape index (κ2) is 7.62. The number of fused-ring (bicyclic) bond motifs is 3. The molecule has 3 atom stereocenters. The van der Waals surface area contributed by atoms with Crippen molar-refractivity contribution in [1.29, 1.82) is 0 Å². The van der Waals surface area contributed by atoms with E-state index in [9.17, 15) is 4.79 Å². The van der Waals surface area contributed by atoms with Crippen LogP contribution < -0.4 is 5.73 Å². The Labute approximate surface area is 191 Å². The number of nitrogens with zero attached hydrogens (tertiary/aromatic N) is 5. The Morgan fingerprint density at radius 2 is 2.12 bits per heavy atom. The van der Waals surface area contributed by atoms with Gasteiger partial charge >= 0.3 is 0 Å². The van der Waals surface area contributed by atoms with E-state index in [1.54, 1.807) is 0 Å². The highest BCUT2D eigenvalue weighted by molar-refractivity contribution is 7.99. The molecule has 1 amide bonds. The molecule has 2 aromatic heterocycles. The second-order valence-electron chi connectivity index (χ2n) is 9.09. The van der Waals surface area contributed by atoms with Crippen molar-refractivity contribution in [3.8, 4) is 11.3 Å². The van der Waals surface area contributed by atoms with Crippen molar-refractivity contribution in [3.05, 3.63) is 42.7 Å². The molecule has 2 N–H and O–H groups in total. The number of piperidine rings is 1. The first-order valence-corrected chi connectivity index (χ1v) is 12.3. The molecule has 2 fully saturated rings. The van der Waals surface area contributed by atoms with Gasteiger partial charge in [0, 0.05) is 29.3 Å². The molecule has 8 heteroatoms. The molecular weight excluding hydrogens is 420 g/mol. The summed E-state index contributed by atoms with van der Waals surface area (Å²) in [7, 11) is 0. The third kappa shape index (κ3) is 3.11. The fraction of sp³-hybridized carbons (Fsp3) is 0.417. The SMILES string of the molecule is C=CC(=O)N1CCC2CC(n3nc(-c4ccc5c(c4)CCS5)c4c(N)ncnc43)CC2C1. The molecule has 1 aromatic carbocycles. The highest BCUT2D eigenvalue weighted by Gasteiger charge is 2.40. The van der Waals surface area contributed by atoms with E-state index in [1.165, 1.54) is 22.9 Å². The standard InChI is InChI=1S/C24H26N6OS/c1-2-20(31)29-7-5-14-10-18(11-17(14)12-29)30-24-21(23(25)26-13-27-24)22(28-30)16-3-4-19-15(9-16)6-8-32-19/h2-4,9,13-14,17-18H,1,5-8,10-12H2,(H2,25,26,27). The lowest BCUT2D eigenvalue weighted by molar-refractivity contribution is -0.128. The Balaban J connectivity index is 1.38. The van der Waals surface area contributed by atoms with Crippen molar-refractivity contribution in [2.75, 3.05) is 24.6 Å². The number of carbonyl (C=O) groups excluding carboxylic acids is 1. The number of nitrogens with two attached hydrogens (primary N) is 1. The molecule has 4 heterocycles. The number of carbonyl (C=O) groups is 1. The van der Waals surface area contributed by atoms with Crippen LogP contribution in [-0.2, 0) is 11.2 Å². The molecular formula is C24H26N6OS. The number of hydrogen-bond donors (Lipinski definition) is 1. The fourth-order valence-corrected chi connectivity index (χ4v) is 6.82. The number of anilines is 1. The quantitative estimate of drug-likeness (QED) is 0.617. The molecule has 0 bridgehead atoms. The van der Waals surface area contributed by atoms with Crippen molar-refractivity contribution in [1.82, 2.24) is 24.6 Å². The minimum atomic E-state index is 0.0361. The van der Waals surface area contributed by atoms with E-state index in [0.29, 0.717) is 17.7 Å². The van der Waals surface area contributed by atoms with E-state index in [2.05, 4.69) is 39.4 Å². The summed E-state index contributed by atoms with van der Waals surface area (Å²) < 4.78 is 2.09. The van der Waals surface area contributed by atoms with E-state index in [4.69, 9.17) is 10.8 Å². The summed E-state index contributed by atoms with van der Waals surface area (Å²) in [4.78, 5) is 24.3. The topological polar surface area (TPSA) is 89.9 Å². The van der Waals surface area contributed by atoms with Crippen molar-refractivity contribution in [2.45, 2.75) is 36.6 Å². The van der Waals surface area contributed by atoms with Gasteiger partial charge in [0.25, 0.3) is 0 Å². The molecule has 0 spiro atoms. The monoisotopic (exact) mass is 446 g/mol. The van der Waals surface area contributed by atoms with Gasteiger partial charge in [0.2, 0.25) is 5.91 Å². The Morgan fingerprint density at radius 3 is 3.00 bits per heavy atom. The summed E-state index contributed by atoms with van der Waals surface area (Å²) in [5.41, 5.74) is 10.5. The molecule has 6 rings (SSSR count). The Morgan fingerprint density at radius 1 is 1.25 bits per heavy atom. The zero-order valence-corrected chi connectivity index (χ0v) is 18.7. The summed E-state index contributed by atoms with van der Waals surface area (Å²) in [6.45, 7) is 5.26. The van der Waals surface area contributed by atoms with Gasteiger partial charge in [0.05, 0.1) is 11.4 Å². The van der Waals surface area contributed by atoms with Gasteiger partial charge in [-0.25, -0.2) is 14.6 Å². The molecule has 3 aliphatic rings. The van der Waals surface area contributed by atoms with E-state index < -0.39 is 0 Å². The number of likely N-dealkylation sites (tertiary alicyclic amines) is 1. The summed E-state index contributed by atoms with van der Waals surface area (Å²) in [5.74, 6) is 2.73. The van der Waals surface area contributed by atoms with Crippen LogP contribution in [0.4, 0.5) is 5.82 Å². The highest BCUT2D eigenvalue weighted by Crippen LogP contribution is 2.46. The Bertz CT molecular complexity index is 1240. The van der Waals surface area contributed by atoms with Gasteiger partial charge in [-0.15, -0.1) is 11.8 Å². The molecule has 3 unspecified atom stereocenters. The lowest BCUT2D eigenvalue weighted by Crippen LogP contribution is -2.41. The predicted octanol–water partition coefficient (Wildman–Crippen LogP) is 3.71. The second-order valence-corrected chi connectivity index (χ2v) is 10.2. The first-order valence-electron chi connectivity index (χ1n) is 11.3. The highest BCUT2D eigenvalue weighted by atomic mass is 32.2. The molecule has 1 aliphatic carbocycles. The van der Waals surface area contributed by atoms with Crippen LogP contribution in [0.1, 0.15) is 30.9 Å². The van der Waals surface area contributed by atoms with E-state index in [0.717, 1.165) is 66.8 Å². The maximum atomic E-state index is 12.1. The fourth-order valence-electron chi connectivity index (χ4n) is 5.77. The Hall–Kier alpha value is -2.87. The van der Waals surface area contributed by atoms with Crippen LogP contribution in [0.2, 0.25) is 0 Å². The summed E-state index contributed by atoms with van der Waals surface area (Å²) in [6.07, 6.45) is 7.13.